The zero-order valence-electron chi connectivity index (χ0n) is 10.2. The highest BCUT2D eigenvalue weighted by atomic mass is 19.2. The van der Waals surface area contributed by atoms with Crippen molar-refractivity contribution in [3.63, 3.8) is 0 Å². The third-order valence-corrected chi connectivity index (χ3v) is 3.63. The van der Waals surface area contributed by atoms with Crippen LogP contribution in [0.25, 0.3) is 0 Å². The van der Waals surface area contributed by atoms with E-state index in [1.165, 1.54) is 17.2 Å². The molecule has 3 rings (SSSR count). The lowest BCUT2D eigenvalue weighted by molar-refractivity contribution is 0.0970. The Hall–Kier alpha value is -2.03. The molecule has 1 aliphatic carbocycles. The van der Waals surface area contributed by atoms with Crippen molar-refractivity contribution in [3.05, 3.63) is 70.8 Å². The van der Waals surface area contributed by atoms with Crippen LogP contribution in [0.3, 0.4) is 0 Å². The first-order chi connectivity index (χ1) is 9.15. The molecule has 0 aliphatic heterocycles. The predicted octanol–water partition coefficient (Wildman–Crippen LogP) is 3.88. The summed E-state index contributed by atoms with van der Waals surface area (Å²) in [6.07, 6.45) is 1.23. The van der Waals surface area contributed by atoms with Crippen LogP contribution in [-0.2, 0) is 6.42 Å². The average Bonchev–Trinajstić information content (AvgIpc) is 2.39. The fraction of sp³-hybridized carbons (Fsp3) is 0.188. The number of benzene rings is 2. The molecule has 3 heteroatoms. The Labute approximate surface area is 109 Å². The molecule has 0 bridgehead atoms. The highest BCUT2D eigenvalue weighted by Gasteiger charge is 2.27. The molecule has 0 heterocycles. The van der Waals surface area contributed by atoms with E-state index in [0.29, 0.717) is 6.42 Å². The minimum absolute atomic E-state index is 0.140. The third-order valence-electron chi connectivity index (χ3n) is 3.63. The lowest BCUT2D eigenvalue weighted by Gasteiger charge is -2.29. The summed E-state index contributed by atoms with van der Waals surface area (Å²) >= 11 is 0. The van der Waals surface area contributed by atoms with Crippen molar-refractivity contribution in [2.75, 3.05) is 0 Å². The largest absolute Gasteiger partial charge is 0.294 e. The van der Waals surface area contributed by atoms with Crippen LogP contribution >= 0.6 is 0 Å². The molecular formula is C16H12F2O. The molecule has 1 aliphatic rings. The van der Waals surface area contributed by atoms with Gasteiger partial charge in [-0.25, -0.2) is 8.78 Å². The quantitative estimate of drug-likeness (QED) is 0.764. The summed E-state index contributed by atoms with van der Waals surface area (Å²) in [7, 11) is 0. The Balaban J connectivity index is 1.75. The number of carbonyl (C=O) groups is 1. The Morgan fingerprint density at radius 2 is 1.89 bits per heavy atom. The molecule has 0 fully saturated rings. The Morgan fingerprint density at radius 1 is 1.11 bits per heavy atom. The number of halogens is 2. The third kappa shape index (κ3) is 2.16. The van der Waals surface area contributed by atoms with Gasteiger partial charge in [-0.05, 0) is 41.7 Å². The van der Waals surface area contributed by atoms with Crippen LogP contribution in [0.15, 0.2) is 42.5 Å². The molecule has 0 N–H and O–H groups in total. The van der Waals surface area contributed by atoms with Crippen LogP contribution < -0.4 is 0 Å². The number of carbonyl (C=O) groups excluding carboxylic acids is 1. The molecule has 96 valence electrons. The zero-order chi connectivity index (χ0) is 13.4. The smallest absolute Gasteiger partial charge is 0.163 e. The summed E-state index contributed by atoms with van der Waals surface area (Å²) < 4.78 is 25.9. The molecule has 2 aromatic carbocycles. The minimum atomic E-state index is -0.972. The van der Waals surface area contributed by atoms with Gasteiger partial charge in [-0.2, -0.15) is 0 Å². The summed E-state index contributed by atoms with van der Waals surface area (Å²) in [6.45, 7) is 0. The molecule has 0 radical (unpaired) electrons. The number of hydrogen-bond acceptors (Lipinski definition) is 1. The van der Waals surface area contributed by atoms with Gasteiger partial charge in [0.15, 0.2) is 17.4 Å². The van der Waals surface area contributed by atoms with E-state index in [2.05, 4.69) is 0 Å². The van der Waals surface area contributed by atoms with Gasteiger partial charge >= 0.3 is 0 Å². The monoisotopic (exact) mass is 258 g/mol. The van der Waals surface area contributed by atoms with Crippen LogP contribution in [0, 0.1) is 11.6 Å². The summed E-state index contributed by atoms with van der Waals surface area (Å²) in [6, 6.07) is 11.3. The molecule has 0 amide bonds. The summed E-state index contributed by atoms with van der Waals surface area (Å²) in [4.78, 5) is 12.0. The van der Waals surface area contributed by atoms with E-state index in [1.54, 1.807) is 0 Å². The number of rotatable bonds is 3. The first-order valence-electron chi connectivity index (χ1n) is 6.21. The average molecular weight is 258 g/mol. The molecule has 0 saturated heterocycles. The molecule has 2 aromatic rings. The van der Waals surface area contributed by atoms with Crippen LogP contribution in [-0.4, -0.2) is 5.78 Å². The molecule has 1 unspecified atom stereocenters. The highest BCUT2D eigenvalue weighted by molar-refractivity contribution is 5.96. The second-order valence-electron chi connectivity index (χ2n) is 4.86. The predicted molar refractivity (Wildman–Crippen MR) is 68.2 cm³/mol. The lowest BCUT2D eigenvalue weighted by Crippen LogP contribution is -2.20. The van der Waals surface area contributed by atoms with E-state index in [0.717, 1.165) is 18.6 Å². The van der Waals surface area contributed by atoms with E-state index < -0.39 is 11.6 Å². The maximum atomic E-state index is 13.1. The van der Waals surface area contributed by atoms with E-state index in [-0.39, 0.29) is 17.3 Å². The first kappa shape index (κ1) is 12.0. The van der Waals surface area contributed by atoms with Gasteiger partial charge in [0, 0.05) is 12.0 Å². The Kier molecular flexibility index (Phi) is 2.90. The van der Waals surface area contributed by atoms with Crippen molar-refractivity contribution < 1.29 is 13.6 Å². The molecule has 19 heavy (non-hydrogen) atoms. The van der Waals surface area contributed by atoms with Crippen LogP contribution in [0.2, 0.25) is 0 Å². The molecule has 0 aromatic heterocycles. The second kappa shape index (κ2) is 4.57. The lowest BCUT2D eigenvalue weighted by atomic mass is 9.74. The van der Waals surface area contributed by atoms with E-state index in [4.69, 9.17) is 0 Å². The van der Waals surface area contributed by atoms with Crippen molar-refractivity contribution in [1.29, 1.82) is 0 Å². The van der Waals surface area contributed by atoms with Crippen LogP contribution in [0.5, 0.6) is 0 Å². The van der Waals surface area contributed by atoms with Gasteiger partial charge in [0.1, 0.15) is 0 Å². The van der Waals surface area contributed by atoms with Crippen molar-refractivity contribution in [1.82, 2.24) is 0 Å². The van der Waals surface area contributed by atoms with Gasteiger partial charge in [0.05, 0.1) is 0 Å². The van der Waals surface area contributed by atoms with Crippen LogP contribution in [0.1, 0.15) is 33.8 Å². The number of hydrogen-bond donors (Lipinski definition) is 0. The van der Waals surface area contributed by atoms with Crippen molar-refractivity contribution >= 4 is 5.78 Å². The standard InChI is InChI=1S/C16H12F2O/c17-14-6-5-11(8-15(14)18)16(19)9-12-7-10-3-1-2-4-13(10)12/h1-6,8,12H,7,9H2. The molecular weight excluding hydrogens is 246 g/mol. The first-order valence-corrected chi connectivity index (χ1v) is 6.21. The van der Waals surface area contributed by atoms with Crippen molar-refractivity contribution in [3.8, 4) is 0 Å². The van der Waals surface area contributed by atoms with Gasteiger partial charge in [0.2, 0.25) is 0 Å². The van der Waals surface area contributed by atoms with Gasteiger partial charge in [-0.1, -0.05) is 24.3 Å². The highest BCUT2D eigenvalue weighted by Crippen LogP contribution is 2.37. The molecule has 0 saturated carbocycles. The fourth-order valence-electron chi connectivity index (χ4n) is 2.56. The zero-order valence-corrected chi connectivity index (χ0v) is 10.2. The van der Waals surface area contributed by atoms with Crippen molar-refractivity contribution in [2.24, 2.45) is 0 Å². The topological polar surface area (TPSA) is 17.1 Å². The number of ketones is 1. The molecule has 0 spiro atoms. The Morgan fingerprint density at radius 3 is 2.63 bits per heavy atom. The SMILES string of the molecule is O=C(CC1Cc2ccccc21)c1ccc(F)c(F)c1. The van der Waals surface area contributed by atoms with E-state index in [9.17, 15) is 13.6 Å². The van der Waals surface area contributed by atoms with Crippen LogP contribution in [0.4, 0.5) is 8.78 Å². The van der Waals surface area contributed by atoms with E-state index in [1.807, 2.05) is 24.3 Å². The van der Waals surface area contributed by atoms with Gasteiger partial charge in [0.25, 0.3) is 0 Å². The maximum absolute atomic E-state index is 13.1. The van der Waals surface area contributed by atoms with Gasteiger partial charge < -0.3 is 0 Å². The van der Waals surface area contributed by atoms with Gasteiger partial charge in [-0.3, -0.25) is 4.79 Å². The normalized spacial score (nSPS) is 16.6. The number of fused-ring (bicyclic) bond motifs is 1. The summed E-state index contributed by atoms with van der Waals surface area (Å²) in [5, 5.41) is 0. The Bertz CT molecular complexity index is 649. The fourth-order valence-corrected chi connectivity index (χ4v) is 2.56. The molecule has 1 nitrogen and oxygen atoms in total. The summed E-state index contributed by atoms with van der Waals surface area (Å²) in [5.41, 5.74) is 2.70. The second-order valence-corrected chi connectivity index (χ2v) is 4.86. The van der Waals surface area contributed by atoms with Gasteiger partial charge in [-0.15, -0.1) is 0 Å². The number of Topliss-reactive ketones (excluding diaryl/α,β-unsaturated/α-hetero) is 1. The molecule has 1 atom stereocenters. The summed E-state index contributed by atoms with van der Waals surface area (Å²) in [5.74, 6) is -1.83. The maximum Gasteiger partial charge on any atom is 0.163 e. The minimum Gasteiger partial charge on any atom is -0.294 e. The van der Waals surface area contributed by atoms with Crippen molar-refractivity contribution in [2.45, 2.75) is 18.8 Å². The van der Waals surface area contributed by atoms with E-state index >= 15 is 0 Å².